The van der Waals surface area contributed by atoms with Crippen molar-refractivity contribution in [2.45, 2.75) is 31.1 Å². The van der Waals surface area contributed by atoms with Crippen LogP contribution in [-0.2, 0) is 6.42 Å². The number of rotatable bonds is 5. The minimum absolute atomic E-state index is 0.907. The fraction of sp³-hybridized carbons (Fsp3) is 0.571. The van der Waals surface area contributed by atoms with Crippen LogP contribution in [0.4, 0.5) is 0 Å². The monoisotopic (exact) mass is 235 g/mol. The molecule has 1 aromatic carbocycles. The van der Waals surface area contributed by atoms with Crippen molar-refractivity contribution >= 4 is 11.8 Å². The zero-order chi connectivity index (χ0) is 11.2. The van der Waals surface area contributed by atoms with E-state index in [0.717, 1.165) is 11.7 Å². The molecule has 1 fully saturated rings. The van der Waals surface area contributed by atoms with Crippen molar-refractivity contribution in [2.24, 2.45) is 5.92 Å². The molecule has 1 aliphatic rings. The highest BCUT2D eigenvalue weighted by Crippen LogP contribution is 2.20. The van der Waals surface area contributed by atoms with E-state index in [2.05, 4.69) is 36.5 Å². The Bertz CT molecular complexity index is 301. The highest BCUT2D eigenvalue weighted by molar-refractivity contribution is 7.99. The average Bonchev–Trinajstić information content (AvgIpc) is 2.82. The van der Waals surface area contributed by atoms with Gasteiger partial charge in [0.05, 0.1) is 0 Å². The van der Waals surface area contributed by atoms with Crippen LogP contribution < -0.4 is 5.32 Å². The Morgan fingerprint density at radius 1 is 1.31 bits per heavy atom. The Kier molecular flexibility index (Phi) is 4.73. The van der Waals surface area contributed by atoms with Crippen LogP contribution in [0.5, 0.6) is 0 Å². The van der Waals surface area contributed by atoms with Crippen LogP contribution in [0.2, 0.25) is 0 Å². The molecule has 88 valence electrons. The Hall–Kier alpha value is -0.470. The van der Waals surface area contributed by atoms with Crippen molar-refractivity contribution in [1.29, 1.82) is 0 Å². The highest BCUT2D eigenvalue weighted by atomic mass is 32.2. The van der Waals surface area contributed by atoms with Gasteiger partial charge in [0.15, 0.2) is 0 Å². The van der Waals surface area contributed by atoms with E-state index in [1.807, 2.05) is 11.8 Å². The van der Waals surface area contributed by atoms with Gasteiger partial charge in [-0.2, -0.15) is 0 Å². The number of aryl methyl sites for hydroxylation is 1. The van der Waals surface area contributed by atoms with Gasteiger partial charge in [0.2, 0.25) is 0 Å². The molecule has 0 spiro atoms. The van der Waals surface area contributed by atoms with Crippen LogP contribution in [0.25, 0.3) is 0 Å². The van der Waals surface area contributed by atoms with Gasteiger partial charge >= 0.3 is 0 Å². The number of benzene rings is 1. The first-order chi connectivity index (χ1) is 7.88. The lowest BCUT2D eigenvalue weighted by Crippen LogP contribution is -2.09. The molecule has 0 amide bonds. The van der Waals surface area contributed by atoms with Crippen LogP contribution in [0.1, 0.15) is 25.3 Å². The first-order valence-electron chi connectivity index (χ1n) is 6.31. The molecule has 1 atom stereocenters. The molecule has 1 heterocycles. The summed E-state index contributed by atoms with van der Waals surface area (Å²) in [5.41, 5.74) is 1.49. The van der Waals surface area contributed by atoms with Crippen molar-refractivity contribution < 1.29 is 0 Å². The summed E-state index contributed by atoms with van der Waals surface area (Å²) in [6.07, 6.45) is 3.94. The van der Waals surface area contributed by atoms with E-state index >= 15 is 0 Å². The van der Waals surface area contributed by atoms with Crippen molar-refractivity contribution in [3.8, 4) is 0 Å². The molecule has 1 unspecified atom stereocenters. The van der Waals surface area contributed by atoms with Crippen molar-refractivity contribution in [3.05, 3.63) is 29.8 Å². The highest BCUT2D eigenvalue weighted by Gasteiger charge is 2.13. The van der Waals surface area contributed by atoms with Gasteiger partial charge in [0.25, 0.3) is 0 Å². The van der Waals surface area contributed by atoms with Crippen LogP contribution >= 0.6 is 11.8 Å². The lowest BCUT2D eigenvalue weighted by atomic mass is 9.99. The number of hydrogen-bond acceptors (Lipinski definition) is 2. The maximum atomic E-state index is 3.43. The van der Waals surface area contributed by atoms with E-state index in [0.29, 0.717) is 0 Å². The van der Waals surface area contributed by atoms with E-state index < -0.39 is 0 Å². The van der Waals surface area contributed by atoms with Crippen LogP contribution in [0.15, 0.2) is 29.2 Å². The smallest absolute Gasteiger partial charge is 0.00720 e. The predicted molar refractivity (Wildman–Crippen MR) is 72.1 cm³/mol. The van der Waals surface area contributed by atoms with E-state index in [9.17, 15) is 0 Å². The zero-order valence-corrected chi connectivity index (χ0v) is 10.9. The van der Waals surface area contributed by atoms with Gasteiger partial charge in [-0.3, -0.25) is 0 Å². The Morgan fingerprint density at radius 2 is 2.12 bits per heavy atom. The third-order valence-electron chi connectivity index (χ3n) is 3.24. The standard InChI is InChI=1S/C14H21NS/c1-2-16-14-7-5-12(6-8-14)3-4-13-9-10-15-11-13/h5-8,13,15H,2-4,9-11H2,1H3. The lowest BCUT2D eigenvalue weighted by Gasteiger charge is -2.08. The molecule has 0 aromatic heterocycles. The summed E-state index contributed by atoms with van der Waals surface area (Å²) in [5, 5.41) is 3.43. The summed E-state index contributed by atoms with van der Waals surface area (Å²) < 4.78 is 0. The third-order valence-corrected chi connectivity index (χ3v) is 4.13. The minimum atomic E-state index is 0.907. The molecule has 1 saturated heterocycles. The molecular formula is C14H21NS. The minimum Gasteiger partial charge on any atom is -0.316 e. The van der Waals surface area contributed by atoms with Crippen molar-refractivity contribution in [3.63, 3.8) is 0 Å². The fourth-order valence-corrected chi connectivity index (χ4v) is 2.91. The summed E-state index contributed by atoms with van der Waals surface area (Å²) in [6, 6.07) is 9.10. The molecule has 0 bridgehead atoms. The van der Waals surface area contributed by atoms with Crippen molar-refractivity contribution in [1.82, 2.24) is 5.32 Å². The molecule has 0 radical (unpaired) electrons. The largest absolute Gasteiger partial charge is 0.316 e. The average molecular weight is 235 g/mol. The first-order valence-corrected chi connectivity index (χ1v) is 7.29. The number of hydrogen-bond donors (Lipinski definition) is 1. The van der Waals surface area contributed by atoms with E-state index in [4.69, 9.17) is 0 Å². The number of thioether (sulfide) groups is 1. The van der Waals surface area contributed by atoms with Gasteiger partial charge < -0.3 is 5.32 Å². The van der Waals surface area contributed by atoms with Gasteiger partial charge in [-0.1, -0.05) is 19.1 Å². The normalized spacial score (nSPS) is 20.2. The maximum absolute atomic E-state index is 3.43. The second-order valence-electron chi connectivity index (χ2n) is 4.47. The second-order valence-corrected chi connectivity index (χ2v) is 5.81. The summed E-state index contributed by atoms with van der Waals surface area (Å²) in [5.74, 6) is 2.07. The predicted octanol–water partition coefficient (Wildman–Crippen LogP) is 3.34. The van der Waals surface area contributed by atoms with Crippen LogP contribution in [0.3, 0.4) is 0 Å². The van der Waals surface area contributed by atoms with Gasteiger partial charge in [-0.15, -0.1) is 11.8 Å². The fourth-order valence-electron chi connectivity index (χ4n) is 2.25. The Labute approximate surface area is 103 Å². The summed E-state index contributed by atoms with van der Waals surface area (Å²) in [4.78, 5) is 1.40. The van der Waals surface area contributed by atoms with Gasteiger partial charge in [0.1, 0.15) is 0 Å². The molecule has 16 heavy (non-hydrogen) atoms. The summed E-state index contributed by atoms with van der Waals surface area (Å²) >= 11 is 1.92. The molecule has 0 aliphatic carbocycles. The molecule has 2 rings (SSSR count). The summed E-state index contributed by atoms with van der Waals surface area (Å²) in [7, 11) is 0. The quantitative estimate of drug-likeness (QED) is 0.786. The van der Waals surface area contributed by atoms with Gasteiger partial charge in [-0.05, 0) is 61.7 Å². The van der Waals surface area contributed by atoms with E-state index in [1.165, 1.54) is 42.8 Å². The lowest BCUT2D eigenvalue weighted by molar-refractivity contribution is 0.533. The molecule has 1 aromatic rings. The summed E-state index contributed by atoms with van der Waals surface area (Å²) in [6.45, 7) is 4.65. The zero-order valence-electron chi connectivity index (χ0n) is 10.0. The van der Waals surface area contributed by atoms with Gasteiger partial charge in [-0.25, -0.2) is 0 Å². The molecule has 0 saturated carbocycles. The molecule has 1 N–H and O–H groups in total. The third kappa shape index (κ3) is 3.53. The number of nitrogens with one attached hydrogen (secondary N) is 1. The van der Waals surface area contributed by atoms with E-state index in [1.54, 1.807) is 0 Å². The second kappa shape index (κ2) is 6.31. The van der Waals surface area contributed by atoms with Crippen LogP contribution in [-0.4, -0.2) is 18.8 Å². The van der Waals surface area contributed by atoms with E-state index in [-0.39, 0.29) is 0 Å². The molecule has 1 aliphatic heterocycles. The Balaban J connectivity index is 1.80. The van der Waals surface area contributed by atoms with Crippen LogP contribution in [0, 0.1) is 5.92 Å². The molecule has 1 nitrogen and oxygen atoms in total. The maximum Gasteiger partial charge on any atom is 0.00720 e. The van der Waals surface area contributed by atoms with Crippen molar-refractivity contribution in [2.75, 3.05) is 18.8 Å². The Morgan fingerprint density at radius 3 is 2.75 bits per heavy atom. The first kappa shape index (κ1) is 12.0. The van der Waals surface area contributed by atoms with Gasteiger partial charge in [0, 0.05) is 4.90 Å². The SMILES string of the molecule is CCSc1ccc(CCC2CCNC2)cc1. The topological polar surface area (TPSA) is 12.0 Å². The molecular weight excluding hydrogens is 214 g/mol. The molecule has 2 heteroatoms.